The van der Waals surface area contributed by atoms with Crippen molar-refractivity contribution in [1.29, 1.82) is 0 Å². The van der Waals surface area contributed by atoms with Crippen molar-refractivity contribution in [3.05, 3.63) is 29.8 Å². The number of hydrazine groups is 1. The molecule has 0 aliphatic carbocycles. The standard InChI is InChI=1S/C11H18N4O2S/c1-8-5-4-6-10(7-8)15(13)14-11(12)9(2)17-18(3)16/h4-7,9H,13H2,1-3H3,(H2,12,14)/t9-,18?/m0/s1. The number of rotatable bonds is 5. The maximum atomic E-state index is 10.9. The summed E-state index contributed by atoms with van der Waals surface area (Å²) in [7, 11) is 0. The topological polar surface area (TPSA) is 93.9 Å². The van der Waals surface area contributed by atoms with Crippen LogP contribution >= 0.6 is 0 Å². The van der Waals surface area contributed by atoms with Crippen LogP contribution in [0.5, 0.6) is 0 Å². The van der Waals surface area contributed by atoms with Crippen LogP contribution in [0.3, 0.4) is 0 Å². The Morgan fingerprint density at radius 2 is 2.22 bits per heavy atom. The molecule has 7 heteroatoms. The number of nitrogens with two attached hydrogens (primary N) is 2. The molecule has 1 rings (SSSR count). The van der Waals surface area contributed by atoms with Crippen LogP contribution in [0, 0.1) is 6.92 Å². The SMILES string of the molecule is Cc1cccc(N(N)/N=C(\N)[C@H](C)OS(C)=O)c1. The molecule has 0 bridgehead atoms. The van der Waals surface area contributed by atoms with Crippen molar-refractivity contribution < 1.29 is 8.39 Å². The molecule has 0 saturated carbocycles. The zero-order valence-corrected chi connectivity index (χ0v) is 11.5. The fourth-order valence-corrected chi connectivity index (χ4v) is 1.79. The monoisotopic (exact) mass is 270 g/mol. The summed E-state index contributed by atoms with van der Waals surface area (Å²) in [5.41, 5.74) is 7.49. The lowest BCUT2D eigenvalue weighted by atomic mass is 10.2. The van der Waals surface area contributed by atoms with Gasteiger partial charge >= 0.3 is 0 Å². The van der Waals surface area contributed by atoms with E-state index in [1.807, 2.05) is 31.2 Å². The highest BCUT2D eigenvalue weighted by molar-refractivity contribution is 7.79. The lowest BCUT2D eigenvalue weighted by molar-refractivity contribution is 0.317. The molecule has 4 N–H and O–H groups in total. The van der Waals surface area contributed by atoms with Gasteiger partial charge in [-0.25, -0.2) is 10.1 Å². The second kappa shape index (κ2) is 6.48. The molecule has 2 atom stereocenters. The first-order chi connectivity index (χ1) is 8.40. The first-order valence-electron chi connectivity index (χ1n) is 5.36. The number of hydrogen-bond acceptors (Lipinski definition) is 5. The Bertz CT molecular complexity index is 464. The maximum absolute atomic E-state index is 10.9. The molecule has 0 amide bonds. The van der Waals surface area contributed by atoms with Crippen LogP contribution in [-0.4, -0.2) is 22.4 Å². The number of amidine groups is 1. The van der Waals surface area contributed by atoms with Crippen molar-refractivity contribution in [1.82, 2.24) is 0 Å². The number of aryl methyl sites for hydroxylation is 1. The third-order valence-electron chi connectivity index (χ3n) is 2.19. The van der Waals surface area contributed by atoms with Gasteiger partial charge in [-0.3, -0.25) is 4.18 Å². The summed E-state index contributed by atoms with van der Waals surface area (Å²) in [6, 6.07) is 7.52. The van der Waals surface area contributed by atoms with E-state index in [0.717, 1.165) is 5.56 Å². The number of benzene rings is 1. The van der Waals surface area contributed by atoms with E-state index >= 15 is 0 Å². The predicted molar refractivity (Wildman–Crippen MR) is 74.1 cm³/mol. The molecule has 0 spiro atoms. The molecular formula is C11H18N4O2S. The molecule has 0 aliphatic rings. The van der Waals surface area contributed by atoms with Crippen molar-refractivity contribution in [3.63, 3.8) is 0 Å². The molecule has 0 aliphatic heterocycles. The molecule has 6 nitrogen and oxygen atoms in total. The van der Waals surface area contributed by atoms with E-state index in [-0.39, 0.29) is 5.84 Å². The first kappa shape index (κ1) is 14.6. The average molecular weight is 270 g/mol. The average Bonchev–Trinajstić information content (AvgIpc) is 2.27. The molecule has 18 heavy (non-hydrogen) atoms. The molecule has 0 saturated heterocycles. The highest BCUT2D eigenvalue weighted by Crippen LogP contribution is 2.13. The van der Waals surface area contributed by atoms with Crippen molar-refractivity contribution in [3.8, 4) is 0 Å². The quantitative estimate of drug-likeness (QED) is 0.354. The second-order valence-electron chi connectivity index (χ2n) is 3.85. The Hall–Kier alpha value is -1.44. The highest BCUT2D eigenvalue weighted by Gasteiger charge is 2.11. The maximum Gasteiger partial charge on any atom is 0.152 e. The third-order valence-corrected chi connectivity index (χ3v) is 2.75. The van der Waals surface area contributed by atoms with Gasteiger partial charge in [-0.05, 0) is 31.5 Å². The van der Waals surface area contributed by atoms with Crippen molar-refractivity contribution >= 4 is 22.6 Å². The van der Waals surface area contributed by atoms with Crippen LogP contribution in [0.4, 0.5) is 5.69 Å². The van der Waals surface area contributed by atoms with Gasteiger partial charge < -0.3 is 5.73 Å². The Labute approximate surface area is 109 Å². The summed E-state index contributed by atoms with van der Waals surface area (Å²) in [4.78, 5) is 0. The van der Waals surface area contributed by atoms with Crippen LogP contribution in [0.2, 0.25) is 0 Å². The van der Waals surface area contributed by atoms with Gasteiger partial charge in [0, 0.05) is 6.26 Å². The van der Waals surface area contributed by atoms with E-state index in [2.05, 4.69) is 5.10 Å². The predicted octanol–water partition coefficient (Wildman–Crippen LogP) is 0.646. The van der Waals surface area contributed by atoms with Gasteiger partial charge in [-0.15, -0.1) is 5.10 Å². The smallest absolute Gasteiger partial charge is 0.152 e. The number of nitrogens with zero attached hydrogens (tertiary/aromatic N) is 2. The van der Waals surface area contributed by atoms with Crippen molar-refractivity contribution in [2.24, 2.45) is 16.7 Å². The zero-order chi connectivity index (χ0) is 13.7. The molecule has 0 aromatic heterocycles. The minimum Gasteiger partial charge on any atom is -0.383 e. The van der Waals surface area contributed by atoms with Gasteiger partial charge in [0.1, 0.15) is 6.10 Å². The lowest BCUT2D eigenvalue weighted by Crippen LogP contribution is -2.35. The van der Waals surface area contributed by atoms with Gasteiger partial charge in [-0.1, -0.05) is 12.1 Å². The van der Waals surface area contributed by atoms with E-state index in [0.29, 0.717) is 5.69 Å². The molecule has 1 unspecified atom stereocenters. The summed E-state index contributed by atoms with van der Waals surface area (Å²) >= 11 is -1.40. The largest absolute Gasteiger partial charge is 0.383 e. The van der Waals surface area contributed by atoms with E-state index < -0.39 is 17.2 Å². The summed E-state index contributed by atoms with van der Waals surface area (Å²) in [6.07, 6.45) is 0.858. The summed E-state index contributed by atoms with van der Waals surface area (Å²) in [5, 5.41) is 5.15. The Morgan fingerprint density at radius 3 is 2.78 bits per heavy atom. The minimum atomic E-state index is -1.40. The van der Waals surface area contributed by atoms with Gasteiger partial charge in [0.25, 0.3) is 0 Å². The van der Waals surface area contributed by atoms with Crippen LogP contribution in [-0.2, 0) is 15.3 Å². The molecule has 0 radical (unpaired) electrons. The molecule has 0 heterocycles. The molecular weight excluding hydrogens is 252 g/mol. The normalized spacial score (nSPS) is 15.2. The van der Waals surface area contributed by atoms with Gasteiger partial charge in [0.05, 0.1) is 5.69 Å². The van der Waals surface area contributed by atoms with Crippen LogP contribution in [0.25, 0.3) is 0 Å². The fraction of sp³-hybridized carbons (Fsp3) is 0.364. The van der Waals surface area contributed by atoms with Gasteiger partial charge in [-0.2, -0.15) is 5.12 Å². The summed E-state index contributed by atoms with van der Waals surface area (Å²) < 4.78 is 15.9. The van der Waals surface area contributed by atoms with E-state index in [9.17, 15) is 4.21 Å². The molecule has 1 aromatic carbocycles. The third kappa shape index (κ3) is 4.44. The van der Waals surface area contributed by atoms with E-state index in [4.69, 9.17) is 15.8 Å². The van der Waals surface area contributed by atoms with Gasteiger partial charge in [0.15, 0.2) is 16.9 Å². The summed E-state index contributed by atoms with van der Waals surface area (Å²) in [6.45, 7) is 3.61. The first-order valence-corrected chi connectivity index (χ1v) is 6.84. The van der Waals surface area contributed by atoms with Crippen LogP contribution in [0.15, 0.2) is 29.4 Å². The summed E-state index contributed by atoms with van der Waals surface area (Å²) in [5.74, 6) is 5.93. The number of hydrazone groups is 1. The number of hydrogen-bond donors (Lipinski definition) is 2. The van der Waals surface area contributed by atoms with E-state index in [1.54, 1.807) is 6.92 Å². The lowest BCUT2D eigenvalue weighted by Gasteiger charge is -2.16. The highest BCUT2D eigenvalue weighted by atomic mass is 32.2. The van der Waals surface area contributed by atoms with Crippen LogP contribution < -0.4 is 16.7 Å². The minimum absolute atomic E-state index is 0.161. The second-order valence-corrected chi connectivity index (χ2v) is 4.84. The Morgan fingerprint density at radius 1 is 1.56 bits per heavy atom. The Kier molecular flexibility index (Phi) is 5.26. The van der Waals surface area contributed by atoms with E-state index in [1.165, 1.54) is 11.4 Å². The number of anilines is 1. The van der Waals surface area contributed by atoms with Crippen LogP contribution in [0.1, 0.15) is 12.5 Å². The Balaban J connectivity index is 2.78. The molecule has 100 valence electrons. The zero-order valence-electron chi connectivity index (χ0n) is 10.7. The fourth-order valence-electron chi connectivity index (χ4n) is 1.29. The molecule has 1 aromatic rings. The van der Waals surface area contributed by atoms with Crippen molar-refractivity contribution in [2.75, 3.05) is 11.4 Å². The van der Waals surface area contributed by atoms with Crippen molar-refractivity contribution in [2.45, 2.75) is 20.0 Å². The molecule has 0 fully saturated rings. The van der Waals surface area contributed by atoms with Gasteiger partial charge in [0.2, 0.25) is 0 Å².